The van der Waals surface area contributed by atoms with E-state index in [-0.39, 0.29) is 42.0 Å². The van der Waals surface area contributed by atoms with Gasteiger partial charge in [0.05, 0.1) is 19.3 Å². The summed E-state index contributed by atoms with van der Waals surface area (Å²) >= 11 is 0. The lowest BCUT2D eigenvalue weighted by atomic mass is 10.2. The third-order valence-electron chi connectivity index (χ3n) is 3.78. The van der Waals surface area contributed by atoms with Gasteiger partial charge in [0.25, 0.3) is 0 Å². The average molecular weight is 523 g/mol. The van der Waals surface area contributed by atoms with Crippen LogP contribution in [-0.2, 0) is 20.0 Å². The van der Waals surface area contributed by atoms with Gasteiger partial charge < -0.3 is 20.1 Å². The number of aliphatic imine (C=N–C) groups is 1. The van der Waals surface area contributed by atoms with E-state index in [1.807, 2.05) is 26.4 Å². The topological polar surface area (TPSA) is 72.7 Å². The molecular formula is C19H28F2IN5O2. The van der Waals surface area contributed by atoms with Crippen molar-refractivity contribution in [1.82, 2.24) is 20.4 Å². The number of nitrogens with one attached hydrogen (secondary N) is 2. The van der Waals surface area contributed by atoms with Gasteiger partial charge in [-0.3, -0.25) is 4.68 Å². The van der Waals surface area contributed by atoms with Gasteiger partial charge in [0, 0.05) is 31.9 Å². The minimum Gasteiger partial charge on any atom is -0.490 e. The molecule has 1 heterocycles. The van der Waals surface area contributed by atoms with E-state index in [0.29, 0.717) is 31.2 Å². The maximum Gasteiger partial charge on any atom is 0.387 e. The number of rotatable bonds is 10. The molecule has 0 amide bonds. The van der Waals surface area contributed by atoms with Gasteiger partial charge in [-0.1, -0.05) is 12.1 Å². The molecule has 0 saturated carbocycles. The smallest absolute Gasteiger partial charge is 0.387 e. The number of hydrogen-bond donors (Lipinski definition) is 2. The van der Waals surface area contributed by atoms with Gasteiger partial charge in [-0.2, -0.15) is 13.9 Å². The number of ether oxygens (including phenoxy) is 2. The third kappa shape index (κ3) is 8.42. The van der Waals surface area contributed by atoms with Crippen LogP contribution in [0, 0.1) is 0 Å². The summed E-state index contributed by atoms with van der Waals surface area (Å²) in [5.74, 6) is 0.899. The van der Waals surface area contributed by atoms with Crippen molar-refractivity contribution in [2.75, 3.05) is 19.7 Å². The average Bonchev–Trinajstić information content (AvgIpc) is 3.06. The molecule has 2 N–H and O–H groups in total. The third-order valence-corrected chi connectivity index (χ3v) is 3.78. The van der Waals surface area contributed by atoms with Crippen LogP contribution < -0.4 is 20.1 Å². The van der Waals surface area contributed by atoms with Crippen LogP contribution in [0.4, 0.5) is 8.78 Å². The summed E-state index contributed by atoms with van der Waals surface area (Å²) in [6.07, 6.45) is 4.57. The Morgan fingerprint density at radius 1 is 1.28 bits per heavy atom. The molecule has 0 aliphatic rings. The van der Waals surface area contributed by atoms with E-state index in [4.69, 9.17) is 4.74 Å². The molecule has 162 valence electrons. The molecule has 29 heavy (non-hydrogen) atoms. The zero-order valence-corrected chi connectivity index (χ0v) is 19.2. The van der Waals surface area contributed by atoms with Crippen molar-refractivity contribution in [3.05, 3.63) is 41.7 Å². The van der Waals surface area contributed by atoms with Gasteiger partial charge in [0.1, 0.15) is 0 Å². The molecule has 2 rings (SSSR count). The Labute approximate surface area is 186 Å². The lowest BCUT2D eigenvalue weighted by Gasteiger charge is -2.15. The van der Waals surface area contributed by atoms with Crippen LogP contribution in [0.3, 0.4) is 0 Å². The lowest BCUT2D eigenvalue weighted by molar-refractivity contribution is -0.0520. The molecule has 1 aromatic heterocycles. The SMILES string of the molecule is CCNC(=NCc1cccc(OCC)c1OC(F)F)NCCc1cnn(C)c1.I. The van der Waals surface area contributed by atoms with Gasteiger partial charge in [-0.25, -0.2) is 4.99 Å². The highest BCUT2D eigenvalue weighted by Gasteiger charge is 2.15. The van der Waals surface area contributed by atoms with Crippen LogP contribution in [0.1, 0.15) is 25.0 Å². The number of hydrogen-bond acceptors (Lipinski definition) is 4. The first kappa shape index (κ1) is 24.9. The number of aryl methyl sites for hydroxylation is 1. The molecule has 2 aromatic rings. The molecule has 0 saturated heterocycles. The van der Waals surface area contributed by atoms with E-state index in [1.54, 1.807) is 29.8 Å². The molecule has 0 spiro atoms. The van der Waals surface area contributed by atoms with Gasteiger partial charge in [0.15, 0.2) is 17.5 Å². The molecule has 0 bridgehead atoms. The summed E-state index contributed by atoms with van der Waals surface area (Å²) in [6.45, 7) is 2.67. The van der Waals surface area contributed by atoms with Crippen LogP contribution >= 0.6 is 24.0 Å². The number of benzene rings is 1. The second-order valence-electron chi connectivity index (χ2n) is 5.95. The Balaban J connectivity index is 0.00000420. The first-order valence-electron chi connectivity index (χ1n) is 9.22. The number of halogens is 3. The highest BCUT2D eigenvalue weighted by atomic mass is 127. The maximum atomic E-state index is 12.8. The van der Waals surface area contributed by atoms with Crippen molar-refractivity contribution < 1.29 is 18.3 Å². The second kappa shape index (κ2) is 13.2. The summed E-state index contributed by atoms with van der Waals surface area (Å²) < 4.78 is 37.5. The van der Waals surface area contributed by atoms with Gasteiger partial charge in [-0.05, 0) is 31.9 Å². The Morgan fingerprint density at radius 2 is 2.07 bits per heavy atom. The van der Waals surface area contributed by atoms with Crippen molar-refractivity contribution in [3.8, 4) is 11.5 Å². The van der Waals surface area contributed by atoms with E-state index in [1.165, 1.54) is 0 Å². The number of nitrogens with zero attached hydrogens (tertiary/aromatic N) is 3. The molecule has 0 atom stereocenters. The maximum absolute atomic E-state index is 12.8. The predicted molar refractivity (Wildman–Crippen MR) is 119 cm³/mol. The molecule has 0 aliphatic carbocycles. The fourth-order valence-corrected chi connectivity index (χ4v) is 2.61. The molecule has 0 radical (unpaired) electrons. The summed E-state index contributed by atoms with van der Waals surface area (Å²) in [6, 6.07) is 5.03. The molecule has 0 aliphatic heterocycles. The molecule has 0 fully saturated rings. The summed E-state index contributed by atoms with van der Waals surface area (Å²) in [4.78, 5) is 4.48. The first-order valence-corrected chi connectivity index (χ1v) is 9.22. The minimum atomic E-state index is -2.94. The summed E-state index contributed by atoms with van der Waals surface area (Å²) in [7, 11) is 1.87. The number of para-hydroxylation sites is 1. The lowest BCUT2D eigenvalue weighted by Crippen LogP contribution is -2.38. The zero-order chi connectivity index (χ0) is 20.4. The van der Waals surface area contributed by atoms with Crippen molar-refractivity contribution in [3.63, 3.8) is 0 Å². The van der Waals surface area contributed by atoms with Crippen molar-refractivity contribution >= 4 is 29.9 Å². The standard InChI is InChI=1S/C19H27F2N5O2.HI/c1-4-22-19(23-10-9-14-11-25-26(3)13-14)24-12-15-7-6-8-16(27-5-2)17(15)28-18(20)21;/h6-8,11,13,18H,4-5,9-10,12H2,1-3H3,(H2,22,23,24);1H. The van der Waals surface area contributed by atoms with Crippen LogP contribution in [0.5, 0.6) is 11.5 Å². The van der Waals surface area contributed by atoms with Crippen LogP contribution in [0.15, 0.2) is 35.6 Å². The van der Waals surface area contributed by atoms with E-state index < -0.39 is 6.61 Å². The van der Waals surface area contributed by atoms with E-state index in [9.17, 15) is 8.78 Å². The number of guanidine groups is 1. The number of aromatic nitrogens is 2. The molecule has 10 heteroatoms. The zero-order valence-electron chi connectivity index (χ0n) is 16.8. The van der Waals surface area contributed by atoms with Crippen molar-refractivity contribution in [2.24, 2.45) is 12.0 Å². The Kier molecular flexibility index (Phi) is 11.3. The molecular weight excluding hydrogens is 495 g/mol. The second-order valence-corrected chi connectivity index (χ2v) is 5.95. The minimum absolute atomic E-state index is 0. The molecule has 1 aromatic carbocycles. The van der Waals surface area contributed by atoms with Gasteiger partial charge in [0.2, 0.25) is 0 Å². The summed E-state index contributed by atoms with van der Waals surface area (Å²) in [5.41, 5.74) is 1.64. The predicted octanol–water partition coefficient (Wildman–Crippen LogP) is 3.34. The number of alkyl halides is 2. The van der Waals surface area contributed by atoms with Crippen LogP contribution in [0.25, 0.3) is 0 Å². The van der Waals surface area contributed by atoms with Crippen LogP contribution in [0.2, 0.25) is 0 Å². The first-order chi connectivity index (χ1) is 13.5. The van der Waals surface area contributed by atoms with E-state index >= 15 is 0 Å². The van der Waals surface area contributed by atoms with Gasteiger partial charge in [-0.15, -0.1) is 24.0 Å². The Bertz CT molecular complexity index is 771. The monoisotopic (exact) mass is 523 g/mol. The highest BCUT2D eigenvalue weighted by Crippen LogP contribution is 2.33. The molecule has 0 unspecified atom stereocenters. The Morgan fingerprint density at radius 3 is 2.69 bits per heavy atom. The highest BCUT2D eigenvalue weighted by molar-refractivity contribution is 14.0. The van der Waals surface area contributed by atoms with Crippen molar-refractivity contribution in [1.29, 1.82) is 0 Å². The fraction of sp³-hybridized carbons (Fsp3) is 0.474. The van der Waals surface area contributed by atoms with E-state index in [0.717, 1.165) is 12.0 Å². The summed E-state index contributed by atoms with van der Waals surface area (Å²) in [5, 5.41) is 10.5. The quantitative estimate of drug-likeness (QED) is 0.284. The Hall–Kier alpha value is -2.11. The molecule has 7 nitrogen and oxygen atoms in total. The van der Waals surface area contributed by atoms with E-state index in [2.05, 4.69) is 25.5 Å². The largest absolute Gasteiger partial charge is 0.490 e. The fourth-order valence-electron chi connectivity index (χ4n) is 2.61. The van der Waals surface area contributed by atoms with Crippen LogP contribution in [-0.4, -0.2) is 42.0 Å². The normalized spacial score (nSPS) is 11.2. The van der Waals surface area contributed by atoms with Crippen molar-refractivity contribution in [2.45, 2.75) is 33.4 Å². The van der Waals surface area contributed by atoms with Gasteiger partial charge >= 0.3 is 6.61 Å².